The van der Waals surface area contributed by atoms with E-state index >= 15 is 0 Å². The van der Waals surface area contributed by atoms with Crippen molar-refractivity contribution in [2.45, 2.75) is 58.5 Å². The Bertz CT molecular complexity index is 1420. The van der Waals surface area contributed by atoms with Crippen LogP contribution in [0, 0.1) is 20.8 Å². The second-order valence-corrected chi connectivity index (χ2v) is 12.5. The maximum atomic E-state index is 13.9. The zero-order valence-corrected chi connectivity index (χ0v) is 25.5. The summed E-state index contributed by atoms with van der Waals surface area (Å²) >= 11 is 3.46. The molecule has 0 heterocycles. The Balaban J connectivity index is 2.04. The lowest BCUT2D eigenvalue weighted by atomic mass is 10.1. The second kappa shape index (κ2) is 13.3. The quantitative estimate of drug-likeness (QED) is 0.309. The Morgan fingerprint density at radius 1 is 0.949 bits per heavy atom. The third-order valence-electron chi connectivity index (χ3n) is 6.62. The summed E-state index contributed by atoms with van der Waals surface area (Å²) in [5, 5.41) is 2.85. The molecular formula is C30H36BrN3O4S. The molecule has 0 aliphatic heterocycles. The van der Waals surface area contributed by atoms with E-state index in [1.165, 1.54) is 4.90 Å². The lowest BCUT2D eigenvalue weighted by Crippen LogP contribution is -2.51. The number of rotatable bonds is 11. The van der Waals surface area contributed by atoms with Crippen LogP contribution in [-0.4, -0.2) is 44.3 Å². The lowest BCUT2D eigenvalue weighted by Gasteiger charge is -2.32. The fraction of sp³-hybridized carbons (Fsp3) is 0.333. The minimum Gasteiger partial charge on any atom is -0.354 e. The number of carbonyl (C=O) groups is 2. The van der Waals surface area contributed by atoms with Crippen molar-refractivity contribution in [1.82, 2.24) is 10.2 Å². The molecule has 0 saturated heterocycles. The number of carbonyl (C=O) groups excluding carboxylic acids is 2. The van der Waals surface area contributed by atoms with Crippen LogP contribution in [0.2, 0.25) is 0 Å². The zero-order chi connectivity index (χ0) is 28.7. The Morgan fingerprint density at radius 2 is 1.64 bits per heavy atom. The number of nitrogens with zero attached hydrogens (tertiary/aromatic N) is 2. The standard InChI is InChI=1S/C30H36BrN3O4S/c1-6-16-32-30(36)24(5)33(19-25-8-7-9-26(31)18-25)29(35)20-34(27-13-12-22(3)23(4)17-27)39(37,38)28-14-10-21(2)11-15-28/h7-15,17-18,24H,6,16,19-20H2,1-5H3,(H,32,36)/t24-/m1/s1. The molecule has 0 aliphatic rings. The first-order valence-electron chi connectivity index (χ1n) is 12.9. The van der Waals surface area contributed by atoms with Gasteiger partial charge in [-0.15, -0.1) is 0 Å². The van der Waals surface area contributed by atoms with Crippen molar-refractivity contribution in [3.05, 3.63) is 93.5 Å². The number of hydrogen-bond acceptors (Lipinski definition) is 4. The van der Waals surface area contributed by atoms with Crippen LogP contribution >= 0.6 is 15.9 Å². The molecule has 0 bridgehead atoms. The largest absolute Gasteiger partial charge is 0.354 e. The second-order valence-electron chi connectivity index (χ2n) is 9.71. The maximum absolute atomic E-state index is 13.9. The lowest BCUT2D eigenvalue weighted by molar-refractivity contribution is -0.139. The highest BCUT2D eigenvalue weighted by molar-refractivity contribution is 9.10. The van der Waals surface area contributed by atoms with Gasteiger partial charge in [0.15, 0.2) is 0 Å². The Hall–Kier alpha value is -3.17. The van der Waals surface area contributed by atoms with Gasteiger partial charge in [-0.3, -0.25) is 13.9 Å². The molecule has 0 fully saturated rings. The summed E-state index contributed by atoms with van der Waals surface area (Å²) in [5.41, 5.74) is 4.04. The van der Waals surface area contributed by atoms with Gasteiger partial charge in [0.1, 0.15) is 12.6 Å². The van der Waals surface area contributed by atoms with Gasteiger partial charge in [-0.25, -0.2) is 8.42 Å². The number of halogens is 1. The third-order valence-corrected chi connectivity index (χ3v) is 8.91. The molecule has 0 spiro atoms. The minimum atomic E-state index is -4.09. The van der Waals surface area contributed by atoms with Gasteiger partial charge < -0.3 is 10.2 Å². The molecule has 2 amide bonds. The molecule has 0 saturated carbocycles. The van der Waals surface area contributed by atoms with Crippen molar-refractivity contribution >= 4 is 43.5 Å². The van der Waals surface area contributed by atoms with E-state index in [1.807, 2.05) is 58.0 Å². The first-order chi connectivity index (χ1) is 18.4. The summed E-state index contributed by atoms with van der Waals surface area (Å²) in [5.74, 6) is -0.776. The van der Waals surface area contributed by atoms with Crippen LogP contribution < -0.4 is 9.62 Å². The van der Waals surface area contributed by atoms with Crippen molar-refractivity contribution in [3.8, 4) is 0 Å². The number of aryl methyl sites for hydroxylation is 3. The highest BCUT2D eigenvalue weighted by Gasteiger charge is 2.32. The average molecular weight is 615 g/mol. The monoisotopic (exact) mass is 613 g/mol. The molecule has 0 aliphatic carbocycles. The molecule has 0 unspecified atom stereocenters. The van der Waals surface area contributed by atoms with Gasteiger partial charge in [0.05, 0.1) is 10.6 Å². The van der Waals surface area contributed by atoms with E-state index < -0.39 is 28.5 Å². The summed E-state index contributed by atoms with van der Waals surface area (Å²) in [6.07, 6.45) is 0.757. The average Bonchev–Trinajstić information content (AvgIpc) is 2.90. The van der Waals surface area contributed by atoms with Crippen LogP contribution in [0.5, 0.6) is 0 Å². The van der Waals surface area contributed by atoms with E-state index in [2.05, 4.69) is 21.2 Å². The van der Waals surface area contributed by atoms with Gasteiger partial charge in [0.25, 0.3) is 10.0 Å². The SMILES string of the molecule is CCCNC(=O)[C@@H](C)N(Cc1cccc(Br)c1)C(=O)CN(c1ccc(C)c(C)c1)S(=O)(=O)c1ccc(C)cc1. The Kier molecular flexibility index (Phi) is 10.3. The van der Waals surface area contributed by atoms with E-state index in [-0.39, 0.29) is 17.3 Å². The van der Waals surface area contributed by atoms with Crippen molar-refractivity contribution in [2.24, 2.45) is 0 Å². The van der Waals surface area contributed by atoms with Crippen LogP contribution in [-0.2, 0) is 26.2 Å². The summed E-state index contributed by atoms with van der Waals surface area (Å²) < 4.78 is 29.8. The first kappa shape index (κ1) is 30.4. The molecule has 1 atom stereocenters. The van der Waals surface area contributed by atoms with Crippen molar-refractivity contribution in [3.63, 3.8) is 0 Å². The molecule has 39 heavy (non-hydrogen) atoms. The predicted octanol–water partition coefficient (Wildman–Crippen LogP) is 5.51. The van der Waals surface area contributed by atoms with Gasteiger partial charge in [-0.2, -0.15) is 0 Å². The van der Waals surface area contributed by atoms with Crippen molar-refractivity contribution in [2.75, 3.05) is 17.4 Å². The topological polar surface area (TPSA) is 86.8 Å². The molecular weight excluding hydrogens is 578 g/mol. The van der Waals surface area contributed by atoms with Crippen molar-refractivity contribution in [1.29, 1.82) is 0 Å². The number of amides is 2. The zero-order valence-electron chi connectivity index (χ0n) is 23.1. The molecule has 9 heteroatoms. The maximum Gasteiger partial charge on any atom is 0.264 e. The summed E-state index contributed by atoms with van der Waals surface area (Å²) in [4.78, 5) is 28.4. The number of nitrogens with one attached hydrogen (secondary N) is 1. The van der Waals surface area contributed by atoms with Crippen LogP contribution in [0.1, 0.15) is 42.5 Å². The summed E-state index contributed by atoms with van der Waals surface area (Å²) in [6.45, 7) is 9.51. The molecule has 3 rings (SSSR count). The van der Waals surface area contributed by atoms with Crippen molar-refractivity contribution < 1.29 is 18.0 Å². The number of benzene rings is 3. The molecule has 0 radical (unpaired) electrons. The number of sulfonamides is 1. The van der Waals surface area contributed by atoms with Gasteiger partial charge in [0, 0.05) is 17.6 Å². The normalized spacial score (nSPS) is 12.1. The van der Waals surface area contributed by atoms with E-state index in [0.717, 1.165) is 37.5 Å². The molecule has 208 valence electrons. The first-order valence-corrected chi connectivity index (χ1v) is 15.2. The smallest absolute Gasteiger partial charge is 0.264 e. The molecule has 0 aromatic heterocycles. The van der Waals surface area contributed by atoms with Gasteiger partial charge in [0.2, 0.25) is 11.8 Å². The van der Waals surface area contributed by atoms with Gasteiger partial charge >= 0.3 is 0 Å². The van der Waals surface area contributed by atoms with Crippen LogP contribution in [0.3, 0.4) is 0 Å². The van der Waals surface area contributed by atoms with Gasteiger partial charge in [-0.05, 0) is 87.2 Å². The minimum absolute atomic E-state index is 0.0893. The Labute approximate surface area is 240 Å². The summed E-state index contributed by atoms with van der Waals surface area (Å²) in [6, 6.07) is 18.5. The fourth-order valence-corrected chi connectivity index (χ4v) is 5.91. The highest BCUT2D eigenvalue weighted by atomic mass is 79.9. The third kappa shape index (κ3) is 7.70. The van der Waals surface area contributed by atoms with E-state index in [4.69, 9.17) is 0 Å². The van der Waals surface area contributed by atoms with Crippen LogP contribution in [0.15, 0.2) is 76.1 Å². The molecule has 1 N–H and O–H groups in total. The van der Waals surface area contributed by atoms with E-state index in [0.29, 0.717) is 12.2 Å². The highest BCUT2D eigenvalue weighted by Crippen LogP contribution is 2.27. The predicted molar refractivity (Wildman–Crippen MR) is 159 cm³/mol. The van der Waals surface area contributed by atoms with E-state index in [1.54, 1.807) is 43.3 Å². The van der Waals surface area contributed by atoms with Crippen LogP contribution in [0.4, 0.5) is 5.69 Å². The number of anilines is 1. The van der Waals surface area contributed by atoms with Crippen LogP contribution in [0.25, 0.3) is 0 Å². The Morgan fingerprint density at radius 3 is 2.26 bits per heavy atom. The molecule has 3 aromatic rings. The molecule has 7 nitrogen and oxygen atoms in total. The summed E-state index contributed by atoms with van der Waals surface area (Å²) in [7, 11) is -4.09. The molecule has 3 aromatic carbocycles. The fourth-order valence-electron chi connectivity index (χ4n) is 4.06. The van der Waals surface area contributed by atoms with Gasteiger partial charge in [-0.1, -0.05) is 58.7 Å². The van der Waals surface area contributed by atoms with E-state index in [9.17, 15) is 18.0 Å². The number of hydrogen-bond donors (Lipinski definition) is 1.